The molecule has 1 aromatic heterocycles. The Hall–Kier alpha value is -2.29. The molecule has 0 unspecified atom stereocenters. The Morgan fingerprint density at radius 2 is 2.08 bits per heavy atom. The van der Waals surface area contributed by atoms with Crippen molar-refractivity contribution >= 4 is 17.4 Å². The average Bonchev–Trinajstić information content (AvgIpc) is 2.93. The summed E-state index contributed by atoms with van der Waals surface area (Å²) in [6.45, 7) is 3.25. The van der Waals surface area contributed by atoms with Crippen LogP contribution in [0.3, 0.4) is 0 Å². The number of nitro benzene ring substituents is 1. The van der Waals surface area contributed by atoms with Gasteiger partial charge < -0.3 is 4.74 Å². The van der Waals surface area contributed by atoms with Gasteiger partial charge in [0.05, 0.1) is 11.5 Å². The Kier molecular flexibility index (Phi) is 6.86. The molecule has 1 heterocycles. The van der Waals surface area contributed by atoms with E-state index in [1.54, 1.807) is 16.7 Å². The lowest BCUT2D eigenvalue weighted by Gasteiger charge is -2.06. The van der Waals surface area contributed by atoms with E-state index >= 15 is 0 Å². The number of unbranched alkanes of at least 4 members (excludes halogenated alkanes) is 1. The van der Waals surface area contributed by atoms with Crippen LogP contribution in [0.5, 0.6) is 5.75 Å². The van der Waals surface area contributed by atoms with Gasteiger partial charge in [0, 0.05) is 24.4 Å². The monoisotopic (exact) mass is 352 g/mol. The summed E-state index contributed by atoms with van der Waals surface area (Å²) in [5.74, 6) is 1.37. The van der Waals surface area contributed by atoms with E-state index in [9.17, 15) is 14.9 Å². The molecule has 2 aromatic rings. The first-order valence-corrected chi connectivity index (χ1v) is 8.75. The van der Waals surface area contributed by atoms with Crippen LogP contribution in [-0.2, 0) is 6.54 Å². The number of aromatic amines is 1. The second-order valence-electron chi connectivity index (χ2n) is 5.12. The molecule has 0 bridgehead atoms. The molecule has 0 fully saturated rings. The first-order valence-electron chi connectivity index (χ1n) is 7.77. The molecular weight excluding hydrogens is 332 g/mol. The van der Waals surface area contributed by atoms with Crippen molar-refractivity contribution in [1.29, 1.82) is 0 Å². The summed E-state index contributed by atoms with van der Waals surface area (Å²) in [5, 5.41) is 17.8. The van der Waals surface area contributed by atoms with Gasteiger partial charge in [-0.25, -0.2) is 9.89 Å². The maximum Gasteiger partial charge on any atom is 0.343 e. The molecule has 1 aromatic carbocycles. The van der Waals surface area contributed by atoms with Crippen LogP contribution < -0.4 is 10.4 Å². The second kappa shape index (κ2) is 9.11. The lowest BCUT2D eigenvalue weighted by Crippen LogP contribution is -2.17. The van der Waals surface area contributed by atoms with E-state index in [1.165, 1.54) is 23.9 Å². The third-order valence-corrected chi connectivity index (χ3v) is 4.36. The number of hydrogen-bond acceptors (Lipinski definition) is 6. The summed E-state index contributed by atoms with van der Waals surface area (Å²) in [6.07, 6.45) is 2.73. The topological polar surface area (TPSA) is 103 Å². The summed E-state index contributed by atoms with van der Waals surface area (Å²) >= 11 is 1.51. The second-order valence-corrected chi connectivity index (χ2v) is 6.18. The smallest absolute Gasteiger partial charge is 0.343 e. The molecule has 0 aliphatic rings. The summed E-state index contributed by atoms with van der Waals surface area (Å²) in [5.41, 5.74) is -0.130. The average molecular weight is 352 g/mol. The van der Waals surface area contributed by atoms with Gasteiger partial charge in [0.15, 0.2) is 5.16 Å². The molecule has 0 spiro atoms. The van der Waals surface area contributed by atoms with Crippen LogP contribution in [0.15, 0.2) is 34.2 Å². The molecule has 0 amide bonds. The Balaban J connectivity index is 1.73. The van der Waals surface area contributed by atoms with Crippen molar-refractivity contribution in [3.05, 3.63) is 44.9 Å². The minimum Gasteiger partial charge on any atom is -0.494 e. The molecule has 8 nitrogen and oxygen atoms in total. The first kappa shape index (κ1) is 18.1. The Morgan fingerprint density at radius 3 is 2.75 bits per heavy atom. The lowest BCUT2D eigenvalue weighted by molar-refractivity contribution is -0.384. The zero-order chi connectivity index (χ0) is 17.4. The number of aromatic nitrogens is 3. The highest BCUT2D eigenvalue weighted by Crippen LogP contribution is 2.18. The number of hydrogen-bond donors (Lipinski definition) is 1. The van der Waals surface area contributed by atoms with E-state index in [0.29, 0.717) is 24.1 Å². The van der Waals surface area contributed by atoms with Crippen LogP contribution in [-0.4, -0.2) is 32.0 Å². The fourth-order valence-corrected chi connectivity index (χ4v) is 2.89. The zero-order valence-corrected chi connectivity index (χ0v) is 14.3. The Labute approximate surface area is 143 Å². The lowest BCUT2D eigenvalue weighted by atomic mass is 10.3. The number of H-pyrrole nitrogens is 1. The number of nitrogens with one attached hydrogen (secondary N) is 1. The zero-order valence-electron chi connectivity index (χ0n) is 13.4. The van der Waals surface area contributed by atoms with Crippen molar-refractivity contribution in [3.8, 4) is 5.75 Å². The molecule has 0 aliphatic heterocycles. The van der Waals surface area contributed by atoms with Crippen LogP contribution in [0.4, 0.5) is 5.69 Å². The van der Waals surface area contributed by atoms with E-state index in [2.05, 4.69) is 17.1 Å². The molecule has 9 heteroatoms. The number of ether oxygens (including phenoxy) is 1. The van der Waals surface area contributed by atoms with Gasteiger partial charge >= 0.3 is 5.69 Å². The van der Waals surface area contributed by atoms with Crippen molar-refractivity contribution in [2.24, 2.45) is 0 Å². The molecular formula is C15H20N4O4S. The van der Waals surface area contributed by atoms with Gasteiger partial charge in [-0.2, -0.15) is 0 Å². The molecule has 0 radical (unpaired) electrons. The molecule has 0 saturated heterocycles. The summed E-state index contributed by atoms with van der Waals surface area (Å²) in [4.78, 5) is 21.8. The highest BCUT2D eigenvalue weighted by Gasteiger charge is 2.08. The molecule has 24 heavy (non-hydrogen) atoms. The normalized spacial score (nSPS) is 10.7. The van der Waals surface area contributed by atoms with Gasteiger partial charge in [-0.1, -0.05) is 25.1 Å². The van der Waals surface area contributed by atoms with Crippen molar-refractivity contribution < 1.29 is 9.66 Å². The molecule has 1 N–H and O–H groups in total. The quantitative estimate of drug-likeness (QED) is 0.305. The Bertz CT molecular complexity index is 711. The van der Waals surface area contributed by atoms with E-state index in [-0.39, 0.29) is 11.4 Å². The van der Waals surface area contributed by atoms with Crippen LogP contribution in [0.25, 0.3) is 0 Å². The first-order chi connectivity index (χ1) is 11.6. The summed E-state index contributed by atoms with van der Waals surface area (Å²) in [7, 11) is 0. The minimum atomic E-state index is -0.442. The van der Waals surface area contributed by atoms with Crippen molar-refractivity contribution in [2.45, 2.75) is 37.9 Å². The van der Waals surface area contributed by atoms with E-state index in [4.69, 9.17) is 4.74 Å². The molecule has 0 saturated carbocycles. The predicted octanol–water partition coefficient (Wildman–Crippen LogP) is 2.84. The van der Waals surface area contributed by atoms with Crippen LogP contribution in [0.1, 0.15) is 26.2 Å². The number of rotatable bonds is 10. The van der Waals surface area contributed by atoms with Crippen LogP contribution in [0, 0.1) is 10.1 Å². The van der Waals surface area contributed by atoms with E-state index < -0.39 is 4.92 Å². The number of non-ortho nitro benzene ring substituents is 1. The van der Waals surface area contributed by atoms with E-state index in [1.807, 2.05) is 0 Å². The van der Waals surface area contributed by atoms with Gasteiger partial charge in [-0.3, -0.25) is 14.7 Å². The van der Waals surface area contributed by atoms with Gasteiger partial charge in [-0.05, 0) is 25.0 Å². The van der Waals surface area contributed by atoms with Gasteiger partial charge in [0.25, 0.3) is 5.69 Å². The standard InChI is InChI=1S/C15H20N4O4S/c1-2-3-9-18-14(20)16-17-15(18)24-11-4-10-23-13-7-5-12(6-8-13)19(21)22/h5-8H,2-4,9-11H2,1H3,(H,16,20). The van der Waals surface area contributed by atoms with Crippen molar-refractivity contribution in [1.82, 2.24) is 14.8 Å². The minimum absolute atomic E-state index is 0.0430. The SMILES string of the molecule is CCCCn1c(SCCCOc2ccc([N+](=O)[O-])cc2)n[nH]c1=O. The number of nitro groups is 1. The Morgan fingerprint density at radius 1 is 1.33 bits per heavy atom. The summed E-state index contributed by atoms with van der Waals surface area (Å²) < 4.78 is 7.20. The van der Waals surface area contributed by atoms with E-state index in [0.717, 1.165) is 25.0 Å². The number of nitrogens with zero attached hydrogens (tertiary/aromatic N) is 3. The largest absolute Gasteiger partial charge is 0.494 e. The van der Waals surface area contributed by atoms with Gasteiger partial charge in [0.2, 0.25) is 0 Å². The third-order valence-electron chi connectivity index (χ3n) is 3.29. The molecule has 130 valence electrons. The molecule has 0 atom stereocenters. The van der Waals surface area contributed by atoms with Crippen molar-refractivity contribution in [2.75, 3.05) is 12.4 Å². The maximum atomic E-state index is 11.7. The fourth-order valence-electron chi connectivity index (χ4n) is 2.00. The number of thioether (sulfide) groups is 1. The maximum absolute atomic E-state index is 11.7. The van der Waals surface area contributed by atoms with Crippen LogP contribution >= 0.6 is 11.8 Å². The number of benzene rings is 1. The highest BCUT2D eigenvalue weighted by molar-refractivity contribution is 7.99. The van der Waals surface area contributed by atoms with Crippen molar-refractivity contribution in [3.63, 3.8) is 0 Å². The predicted molar refractivity (Wildman–Crippen MR) is 91.7 cm³/mol. The fraction of sp³-hybridized carbons (Fsp3) is 0.467. The molecule has 0 aliphatic carbocycles. The highest BCUT2D eigenvalue weighted by atomic mass is 32.2. The molecule has 2 rings (SSSR count). The summed E-state index contributed by atoms with van der Waals surface area (Å²) in [6, 6.07) is 6.00. The third kappa shape index (κ3) is 5.12. The van der Waals surface area contributed by atoms with Gasteiger partial charge in [0.1, 0.15) is 5.75 Å². The van der Waals surface area contributed by atoms with Crippen LogP contribution in [0.2, 0.25) is 0 Å². The van der Waals surface area contributed by atoms with Gasteiger partial charge in [-0.15, -0.1) is 5.10 Å².